The van der Waals surface area contributed by atoms with Crippen molar-refractivity contribution in [3.05, 3.63) is 29.8 Å². The number of carbonyl (C=O) groups is 2. The predicted molar refractivity (Wildman–Crippen MR) is 67.1 cm³/mol. The van der Waals surface area contributed by atoms with E-state index >= 15 is 0 Å². The number of benzene rings is 1. The van der Waals surface area contributed by atoms with Crippen molar-refractivity contribution in [2.45, 2.75) is 33.8 Å². The van der Waals surface area contributed by atoms with Crippen molar-refractivity contribution in [1.29, 1.82) is 0 Å². The molecule has 98 valence electrons. The Bertz CT molecular complexity index is 420. The fourth-order valence-electron chi connectivity index (χ4n) is 1.66. The van der Waals surface area contributed by atoms with Gasteiger partial charge in [0, 0.05) is 13.8 Å². The van der Waals surface area contributed by atoms with Gasteiger partial charge in [-0.3, -0.25) is 9.59 Å². The molecule has 18 heavy (non-hydrogen) atoms. The van der Waals surface area contributed by atoms with E-state index in [0.29, 0.717) is 5.75 Å². The van der Waals surface area contributed by atoms with Crippen molar-refractivity contribution in [2.75, 3.05) is 0 Å². The van der Waals surface area contributed by atoms with Gasteiger partial charge in [-0.2, -0.15) is 0 Å². The van der Waals surface area contributed by atoms with Crippen LogP contribution in [0.3, 0.4) is 0 Å². The molecule has 0 aliphatic heterocycles. The zero-order chi connectivity index (χ0) is 13.7. The van der Waals surface area contributed by atoms with Gasteiger partial charge in [0.1, 0.15) is 11.9 Å². The molecule has 1 rings (SSSR count). The lowest BCUT2D eigenvalue weighted by Crippen LogP contribution is -2.14. The fraction of sp³-hybridized carbons (Fsp3) is 0.429. The first kappa shape index (κ1) is 14.2. The van der Waals surface area contributed by atoms with Crippen LogP contribution in [-0.2, 0) is 14.3 Å². The first-order valence-electron chi connectivity index (χ1n) is 5.85. The van der Waals surface area contributed by atoms with E-state index in [1.165, 1.54) is 13.8 Å². The largest absolute Gasteiger partial charge is 0.457 e. The minimum atomic E-state index is -0.358. The molecule has 0 bridgehead atoms. The SMILES string of the molecule is CC(=O)Oc1ccc(C(OC(C)=O)C(C)C)cc1. The Kier molecular flexibility index (Phi) is 4.89. The molecule has 1 aromatic rings. The lowest BCUT2D eigenvalue weighted by Gasteiger charge is -2.21. The molecule has 0 aliphatic carbocycles. The lowest BCUT2D eigenvalue weighted by molar-refractivity contribution is -0.149. The summed E-state index contributed by atoms with van der Waals surface area (Å²) in [7, 11) is 0. The average molecular weight is 250 g/mol. The van der Waals surface area contributed by atoms with Crippen molar-refractivity contribution in [3.8, 4) is 5.75 Å². The maximum atomic E-state index is 11.1. The number of carbonyl (C=O) groups excluding carboxylic acids is 2. The van der Waals surface area contributed by atoms with E-state index in [1.807, 2.05) is 13.8 Å². The molecule has 0 N–H and O–H groups in total. The lowest BCUT2D eigenvalue weighted by atomic mass is 9.99. The van der Waals surface area contributed by atoms with Gasteiger partial charge in [0.15, 0.2) is 0 Å². The third-order valence-electron chi connectivity index (χ3n) is 2.37. The molecule has 0 heterocycles. The Balaban J connectivity index is 2.86. The Hall–Kier alpha value is -1.84. The molecule has 1 unspecified atom stereocenters. The average Bonchev–Trinajstić information content (AvgIpc) is 2.26. The molecular formula is C14H18O4. The van der Waals surface area contributed by atoms with Crippen LogP contribution in [0.5, 0.6) is 5.75 Å². The number of hydrogen-bond donors (Lipinski definition) is 0. The molecule has 0 saturated heterocycles. The topological polar surface area (TPSA) is 52.6 Å². The summed E-state index contributed by atoms with van der Waals surface area (Å²) in [6, 6.07) is 6.98. The summed E-state index contributed by atoms with van der Waals surface area (Å²) < 4.78 is 10.2. The molecular weight excluding hydrogens is 232 g/mol. The zero-order valence-electron chi connectivity index (χ0n) is 11.1. The van der Waals surface area contributed by atoms with Crippen molar-refractivity contribution in [1.82, 2.24) is 0 Å². The number of esters is 2. The van der Waals surface area contributed by atoms with Crippen molar-refractivity contribution >= 4 is 11.9 Å². The monoisotopic (exact) mass is 250 g/mol. The Morgan fingerprint density at radius 2 is 1.56 bits per heavy atom. The second-order valence-electron chi connectivity index (χ2n) is 4.44. The second-order valence-corrected chi connectivity index (χ2v) is 4.44. The van der Waals surface area contributed by atoms with Crippen molar-refractivity contribution in [3.63, 3.8) is 0 Å². The highest BCUT2D eigenvalue weighted by Gasteiger charge is 2.18. The van der Waals surface area contributed by atoms with Crippen LogP contribution in [0.1, 0.15) is 39.4 Å². The van der Waals surface area contributed by atoms with E-state index in [-0.39, 0.29) is 24.0 Å². The first-order chi connectivity index (χ1) is 8.40. The molecule has 0 saturated carbocycles. The van der Waals surface area contributed by atoms with E-state index in [0.717, 1.165) is 5.56 Å². The summed E-state index contributed by atoms with van der Waals surface area (Å²) in [5.74, 6) is -0.00837. The van der Waals surface area contributed by atoms with Gasteiger partial charge in [-0.15, -0.1) is 0 Å². The van der Waals surface area contributed by atoms with Gasteiger partial charge in [-0.25, -0.2) is 0 Å². The molecule has 0 aliphatic rings. The maximum Gasteiger partial charge on any atom is 0.308 e. The molecule has 1 atom stereocenters. The number of hydrogen-bond acceptors (Lipinski definition) is 4. The highest BCUT2D eigenvalue weighted by atomic mass is 16.5. The quantitative estimate of drug-likeness (QED) is 0.609. The van der Waals surface area contributed by atoms with E-state index in [1.54, 1.807) is 24.3 Å². The first-order valence-corrected chi connectivity index (χ1v) is 5.85. The standard InChI is InChI=1S/C14H18O4/c1-9(2)14(18-11(4)16)12-5-7-13(8-6-12)17-10(3)15/h5-9,14H,1-4H3. The third kappa shape index (κ3) is 4.20. The van der Waals surface area contributed by atoms with E-state index in [4.69, 9.17) is 9.47 Å². The van der Waals surface area contributed by atoms with Gasteiger partial charge in [-0.1, -0.05) is 26.0 Å². The second kappa shape index (κ2) is 6.19. The normalized spacial score (nSPS) is 12.1. The smallest absolute Gasteiger partial charge is 0.308 e. The van der Waals surface area contributed by atoms with Gasteiger partial charge < -0.3 is 9.47 Å². The van der Waals surface area contributed by atoms with Crippen LogP contribution in [0.15, 0.2) is 24.3 Å². The minimum absolute atomic E-state index is 0.175. The van der Waals surface area contributed by atoms with Crippen LogP contribution in [-0.4, -0.2) is 11.9 Å². The Labute approximate surface area is 107 Å². The van der Waals surface area contributed by atoms with E-state index < -0.39 is 0 Å². The molecule has 4 heteroatoms. The Morgan fingerprint density at radius 3 is 1.94 bits per heavy atom. The highest BCUT2D eigenvalue weighted by molar-refractivity contribution is 5.69. The van der Waals surface area contributed by atoms with Crippen LogP contribution in [0.25, 0.3) is 0 Å². The van der Waals surface area contributed by atoms with Gasteiger partial charge >= 0.3 is 11.9 Å². The number of ether oxygens (including phenoxy) is 2. The van der Waals surface area contributed by atoms with Gasteiger partial charge in [0.05, 0.1) is 0 Å². The van der Waals surface area contributed by atoms with Crippen molar-refractivity contribution in [2.24, 2.45) is 5.92 Å². The molecule has 1 aromatic carbocycles. The van der Waals surface area contributed by atoms with Crippen LogP contribution in [0, 0.1) is 5.92 Å². The maximum absolute atomic E-state index is 11.1. The predicted octanol–water partition coefficient (Wildman–Crippen LogP) is 2.87. The summed E-state index contributed by atoms with van der Waals surface area (Å²) in [4.78, 5) is 21.8. The fourth-order valence-corrected chi connectivity index (χ4v) is 1.66. The summed E-state index contributed by atoms with van der Waals surface area (Å²) in [5, 5.41) is 0. The molecule has 0 aromatic heterocycles. The summed E-state index contributed by atoms with van der Waals surface area (Å²) >= 11 is 0. The van der Waals surface area contributed by atoms with E-state index in [9.17, 15) is 9.59 Å². The molecule has 0 amide bonds. The zero-order valence-corrected chi connectivity index (χ0v) is 11.1. The molecule has 0 spiro atoms. The van der Waals surface area contributed by atoms with Crippen LogP contribution >= 0.6 is 0 Å². The van der Waals surface area contributed by atoms with Gasteiger partial charge in [-0.05, 0) is 23.6 Å². The summed E-state index contributed by atoms with van der Waals surface area (Å²) in [5.41, 5.74) is 0.885. The third-order valence-corrected chi connectivity index (χ3v) is 2.37. The minimum Gasteiger partial charge on any atom is -0.457 e. The molecule has 0 fully saturated rings. The summed E-state index contributed by atoms with van der Waals surface area (Å²) in [6.45, 7) is 6.70. The van der Waals surface area contributed by atoms with Gasteiger partial charge in [0.2, 0.25) is 0 Å². The van der Waals surface area contributed by atoms with Crippen molar-refractivity contribution < 1.29 is 19.1 Å². The van der Waals surface area contributed by atoms with Crippen LogP contribution < -0.4 is 4.74 Å². The molecule has 0 radical (unpaired) electrons. The van der Waals surface area contributed by atoms with Crippen LogP contribution in [0.2, 0.25) is 0 Å². The highest BCUT2D eigenvalue weighted by Crippen LogP contribution is 2.27. The number of rotatable bonds is 4. The van der Waals surface area contributed by atoms with Crippen LogP contribution in [0.4, 0.5) is 0 Å². The summed E-state index contributed by atoms with van der Waals surface area (Å²) in [6.07, 6.45) is -0.283. The van der Waals surface area contributed by atoms with E-state index in [2.05, 4.69) is 0 Å². The molecule has 4 nitrogen and oxygen atoms in total. The van der Waals surface area contributed by atoms with Gasteiger partial charge in [0.25, 0.3) is 0 Å². The Morgan fingerprint density at radius 1 is 1.00 bits per heavy atom.